The molecule has 0 radical (unpaired) electrons. The summed E-state index contributed by atoms with van der Waals surface area (Å²) in [4.78, 5) is 27.7. The predicted octanol–water partition coefficient (Wildman–Crippen LogP) is 1.79. The Morgan fingerprint density at radius 1 is 1.33 bits per heavy atom. The van der Waals surface area contributed by atoms with Crippen molar-refractivity contribution in [1.29, 1.82) is 0 Å². The van der Waals surface area contributed by atoms with Gasteiger partial charge in [0, 0.05) is 33.3 Å². The molecule has 0 saturated carbocycles. The number of carbonyl (C=O) groups is 2. The molecule has 2 aliphatic rings. The molecule has 2 amide bonds. The van der Waals surface area contributed by atoms with Crippen LogP contribution >= 0.6 is 0 Å². The van der Waals surface area contributed by atoms with Gasteiger partial charge in [-0.05, 0) is 25.7 Å². The Kier molecular flexibility index (Phi) is 5.08. The summed E-state index contributed by atoms with van der Waals surface area (Å²) in [6, 6.07) is -0.0315. The van der Waals surface area contributed by atoms with E-state index in [9.17, 15) is 14.7 Å². The summed E-state index contributed by atoms with van der Waals surface area (Å²) in [6.45, 7) is 4.22. The average Bonchev–Trinajstić information content (AvgIpc) is 2.92. The van der Waals surface area contributed by atoms with Crippen LogP contribution in [0.4, 0.5) is 4.79 Å². The first-order chi connectivity index (χ1) is 10.0. The van der Waals surface area contributed by atoms with Gasteiger partial charge in [0.2, 0.25) is 0 Å². The minimum absolute atomic E-state index is 0.0315. The predicted molar refractivity (Wildman–Crippen MR) is 78.2 cm³/mol. The van der Waals surface area contributed by atoms with Crippen molar-refractivity contribution in [2.75, 3.05) is 33.3 Å². The van der Waals surface area contributed by atoms with Gasteiger partial charge in [-0.15, -0.1) is 0 Å². The molecule has 2 aliphatic heterocycles. The van der Waals surface area contributed by atoms with Crippen LogP contribution in [-0.2, 0) is 9.53 Å². The number of aliphatic carboxylic acids is 1. The van der Waals surface area contributed by atoms with Gasteiger partial charge in [-0.1, -0.05) is 13.3 Å². The van der Waals surface area contributed by atoms with E-state index >= 15 is 0 Å². The molecule has 6 nitrogen and oxygen atoms in total. The number of rotatable bonds is 4. The molecule has 120 valence electrons. The normalized spacial score (nSPS) is 29.7. The fraction of sp³-hybridized carbons (Fsp3) is 0.867. The van der Waals surface area contributed by atoms with Crippen LogP contribution in [0.3, 0.4) is 0 Å². The molecule has 2 unspecified atom stereocenters. The Morgan fingerprint density at radius 3 is 2.71 bits per heavy atom. The molecule has 2 heterocycles. The Morgan fingerprint density at radius 2 is 2.10 bits per heavy atom. The van der Waals surface area contributed by atoms with Crippen molar-refractivity contribution in [2.45, 2.75) is 45.1 Å². The molecule has 0 spiro atoms. The SMILES string of the molecule is CCCC1(C(=O)O)CCN(C(=O)N2CCCC(OC)C2)C1. The first kappa shape index (κ1) is 16.1. The molecule has 0 bridgehead atoms. The van der Waals surface area contributed by atoms with Crippen LogP contribution < -0.4 is 0 Å². The van der Waals surface area contributed by atoms with Crippen molar-refractivity contribution in [1.82, 2.24) is 9.80 Å². The standard InChI is InChI=1S/C15H26N2O4/c1-3-6-15(13(18)19)7-9-17(11-15)14(20)16-8-4-5-12(10-16)21-2/h12H,3-11H2,1-2H3,(H,18,19). The Hall–Kier alpha value is -1.30. The van der Waals surface area contributed by atoms with E-state index in [1.807, 2.05) is 11.8 Å². The number of likely N-dealkylation sites (tertiary alicyclic amines) is 2. The zero-order chi connectivity index (χ0) is 15.5. The van der Waals surface area contributed by atoms with Gasteiger partial charge in [0.25, 0.3) is 0 Å². The van der Waals surface area contributed by atoms with E-state index in [0.717, 1.165) is 25.8 Å². The molecule has 0 aromatic carbocycles. The van der Waals surface area contributed by atoms with Crippen LogP contribution in [0.1, 0.15) is 39.0 Å². The maximum absolute atomic E-state index is 12.6. The Balaban J connectivity index is 1.99. The summed E-state index contributed by atoms with van der Waals surface area (Å²) in [6.07, 6.45) is 4.04. The summed E-state index contributed by atoms with van der Waals surface area (Å²) in [5.74, 6) is -0.770. The summed E-state index contributed by atoms with van der Waals surface area (Å²) in [7, 11) is 1.67. The number of ether oxygens (including phenoxy) is 1. The molecule has 2 fully saturated rings. The number of piperidine rings is 1. The van der Waals surface area contributed by atoms with Crippen LogP contribution in [0.5, 0.6) is 0 Å². The average molecular weight is 298 g/mol. The number of urea groups is 1. The molecule has 0 aromatic heterocycles. The Bertz CT molecular complexity index is 401. The quantitative estimate of drug-likeness (QED) is 0.859. The molecule has 0 aromatic rings. The maximum Gasteiger partial charge on any atom is 0.320 e. The highest BCUT2D eigenvalue weighted by molar-refractivity contribution is 5.80. The largest absolute Gasteiger partial charge is 0.481 e. The molecule has 2 saturated heterocycles. The lowest BCUT2D eigenvalue weighted by Crippen LogP contribution is -2.49. The molecule has 0 aliphatic carbocycles. The molecule has 6 heteroatoms. The third-order valence-electron chi connectivity index (χ3n) is 4.79. The number of amides is 2. The number of methoxy groups -OCH3 is 1. The first-order valence-corrected chi connectivity index (χ1v) is 7.82. The van der Waals surface area contributed by atoms with Crippen molar-refractivity contribution in [3.05, 3.63) is 0 Å². The van der Waals surface area contributed by atoms with E-state index in [2.05, 4.69) is 0 Å². The minimum atomic E-state index is -0.770. The lowest BCUT2D eigenvalue weighted by Gasteiger charge is -2.35. The molecule has 21 heavy (non-hydrogen) atoms. The smallest absolute Gasteiger partial charge is 0.320 e. The zero-order valence-corrected chi connectivity index (χ0v) is 13.0. The van der Waals surface area contributed by atoms with E-state index < -0.39 is 11.4 Å². The fourth-order valence-corrected chi connectivity index (χ4v) is 3.50. The van der Waals surface area contributed by atoms with Crippen molar-refractivity contribution in [2.24, 2.45) is 5.41 Å². The van der Waals surface area contributed by atoms with Crippen LogP contribution in [0.25, 0.3) is 0 Å². The van der Waals surface area contributed by atoms with E-state index in [1.165, 1.54) is 0 Å². The molecular formula is C15H26N2O4. The zero-order valence-electron chi connectivity index (χ0n) is 13.0. The summed E-state index contributed by atoms with van der Waals surface area (Å²) < 4.78 is 5.35. The summed E-state index contributed by atoms with van der Waals surface area (Å²) >= 11 is 0. The molecular weight excluding hydrogens is 272 g/mol. The van der Waals surface area contributed by atoms with Gasteiger partial charge in [-0.3, -0.25) is 4.79 Å². The lowest BCUT2D eigenvalue weighted by molar-refractivity contribution is -0.148. The van der Waals surface area contributed by atoms with Crippen LogP contribution in [0, 0.1) is 5.41 Å². The van der Waals surface area contributed by atoms with Crippen LogP contribution in [0.15, 0.2) is 0 Å². The van der Waals surface area contributed by atoms with Crippen molar-refractivity contribution in [3.8, 4) is 0 Å². The number of hydrogen-bond acceptors (Lipinski definition) is 3. The second kappa shape index (κ2) is 6.64. The van der Waals surface area contributed by atoms with Gasteiger partial charge in [0.1, 0.15) is 0 Å². The number of carboxylic acids is 1. The highest BCUT2D eigenvalue weighted by atomic mass is 16.5. The third-order valence-corrected chi connectivity index (χ3v) is 4.79. The van der Waals surface area contributed by atoms with Crippen molar-refractivity contribution < 1.29 is 19.4 Å². The van der Waals surface area contributed by atoms with Gasteiger partial charge < -0.3 is 19.6 Å². The van der Waals surface area contributed by atoms with E-state index in [1.54, 1.807) is 12.0 Å². The second-order valence-electron chi connectivity index (χ2n) is 6.24. The molecule has 2 rings (SSSR count). The summed E-state index contributed by atoms with van der Waals surface area (Å²) in [5, 5.41) is 9.51. The van der Waals surface area contributed by atoms with Gasteiger partial charge in [0.15, 0.2) is 0 Å². The van der Waals surface area contributed by atoms with Crippen LogP contribution in [0.2, 0.25) is 0 Å². The highest BCUT2D eigenvalue weighted by Gasteiger charge is 2.46. The minimum Gasteiger partial charge on any atom is -0.481 e. The number of carbonyl (C=O) groups excluding carboxylic acids is 1. The van der Waals surface area contributed by atoms with Gasteiger partial charge in [-0.2, -0.15) is 0 Å². The van der Waals surface area contributed by atoms with Gasteiger partial charge in [0.05, 0.1) is 11.5 Å². The Labute approximate surface area is 126 Å². The van der Waals surface area contributed by atoms with Crippen molar-refractivity contribution in [3.63, 3.8) is 0 Å². The monoisotopic (exact) mass is 298 g/mol. The number of nitrogens with zero attached hydrogens (tertiary/aromatic N) is 2. The second-order valence-corrected chi connectivity index (χ2v) is 6.24. The number of carboxylic acid groups (broad SMARTS) is 1. The van der Waals surface area contributed by atoms with E-state index in [0.29, 0.717) is 32.5 Å². The summed E-state index contributed by atoms with van der Waals surface area (Å²) in [5.41, 5.74) is -0.749. The number of hydrogen-bond donors (Lipinski definition) is 1. The molecule has 2 atom stereocenters. The fourth-order valence-electron chi connectivity index (χ4n) is 3.50. The van der Waals surface area contributed by atoms with Crippen molar-refractivity contribution >= 4 is 12.0 Å². The third kappa shape index (κ3) is 3.31. The van der Waals surface area contributed by atoms with Gasteiger partial charge >= 0.3 is 12.0 Å². The molecule has 1 N–H and O–H groups in total. The maximum atomic E-state index is 12.6. The lowest BCUT2D eigenvalue weighted by atomic mass is 9.83. The van der Waals surface area contributed by atoms with E-state index in [-0.39, 0.29) is 12.1 Å². The van der Waals surface area contributed by atoms with Crippen LogP contribution in [-0.4, -0.2) is 66.3 Å². The topological polar surface area (TPSA) is 70.1 Å². The first-order valence-electron chi connectivity index (χ1n) is 7.82. The van der Waals surface area contributed by atoms with E-state index in [4.69, 9.17) is 4.74 Å². The van der Waals surface area contributed by atoms with Gasteiger partial charge in [-0.25, -0.2) is 4.79 Å². The highest BCUT2D eigenvalue weighted by Crippen LogP contribution is 2.36.